The van der Waals surface area contributed by atoms with E-state index in [9.17, 15) is 101 Å². The molecule has 94 heavy (non-hydrogen) atoms. The number of pyridine rings is 2. The number of rotatable bonds is 15. The fourth-order valence-corrected chi connectivity index (χ4v) is 18.0. The molecule has 2 aromatic heterocycles. The molecule has 0 spiro atoms. The van der Waals surface area contributed by atoms with Gasteiger partial charge in [0.15, 0.2) is 37.9 Å². The number of aromatic nitrogens is 2. The third kappa shape index (κ3) is 31.0. The van der Waals surface area contributed by atoms with E-state index in [1.165, 1.54) is 65.2 Å². The molecule has 0 aliphatic heterocycles. The topological polar surface area (TPSA) is 7.76 Å². The summed E-state index contributed by atoms with van der Waals surface area (Å²) < 4.78 is 241. The molecule has 10 rings (SSSR count). The number of nitrogens with zero attached hydrogens (tertiary/aromatic N) is 2. The van der Waals surface area contributed by atoms with Gasteiger partial charge in [0.1, 0.15) is 46.4 Å². The van der Waals surface area contributed by atoms with Crippen molar-refractivity contribution in [1.29, 1.82) is 0 Å². The molecule has 2 nitrogen and oxygen atoms in total. The van der Waals surface area contributed by atoms with E-state index in [0.29, 0.717) is 0 Å². The average molecular weight is 1470 g/mol. The van der Waals surface area contributed by atoms with Crippen molar-refractivity contribution in [2.24, 2.45) is 0 Å². The Labute approximate surface area is 523 Å². The van der Waals surface area contributed by atoms with Crippen LogP contribution < -0.4 is 41.0 Å². The van der Waals surface area contributed by atoms with E-state index in [1.54, 1.807) is 0 Å². The van der Waals surface area contributed by atoms with Gasteiger partial charge in [-0.2, -0.15) is 0 Å². The fraction of sp³-hybridized carbons (Fsp3) is 0.0645. The van der Waals surface area contributed by atoms with Gasteiger partial charge in [-0.3, -0.25) is 0 Å². The fourth-order valence-electron chi connectivity index (χ4n) is 9.52. The first-order valence-electron chi connectivity index (χ1n) is 27.0. The Balaban J connectivity index is 0.000000418. The molecule has 2 heterocycles. The van der Waals surface area contributed by atoms with Crippen molar-refractivity contribution in [2.75, 3.05) is 0 Å². The molecule has 0 aliphatic carbocycles. The minimum absolute atomic E-state index is 0.817. The maximum atomic E-state index is 9.87. The molecule has 8 aromatic carbocycles. The second-order valence-corrected chi connectivity index (χ2v) is 35.6. The van der Waals surface area contributed by atoms with Crippen LogP contribution in [0.2, 0.25) is 0 Å². The van der Waals surface area contributed by atoms with Gasteiger partial charge in [-0.15, -0.1) is 0 Å². The summed E-state index contributed by atoms with van der Waals surface area (Å²) in [5, 5.41) is 8.45. The van der Waals surface area contributed by atoms with Crippen molar-refractivity contribution in [1.82, 2.24) is 0 Å². The SMILES string of the molecule is F[P-](F)(F)(F)(F)F.F[P-](F)(F)(F)(F)F.F[P-](F)(F)(F)(F)F.F[P-](F)(F)(F)(F)F.c1ccc([P+](Cc2ccc(C[n+]3ccc(-c4cc[n+](Cc5ccc(C[P+](c6ccccc6)(c6ccccc6)c6ccccc6)cc5)cc4)cc3)cc2)(c2ccccc2)c2ccccc2)cc1. The first-order chi connectivity index (χ1) is 42.5. The van der Waals surface area contributed by atoms with Crippen molar-refractivity contribution in [3.05, 3.63) is 302 Å². The predicted octanol–water partition coefficient (Wildman–Crippen LogP) is 24.5. The van der Waals surface area contributed by atoms with Crippen LogP contribution in [0.3, 0.4) is 0 Å². The number of hydrogen-bond donors (Lipinski definition) is 0. The van der Waals surface area contributed by atoms with Crippen LogP contribution in [0.1, 0.15) is 22.3 Å². The van der Waals surface area contributed by atoms with Gasteiger partial charge in [-0.05, 0) is 95.1 Å². The van der Waals surface area contributed by atoms with E-state index in [0.717, 1.165) is 25.4 Å². The van der Waals surface area contributed by atoms with Crippen molar-refractivity contribution in [3.63, 3.8) is 0 Å². The molecule has 10 aromatic rings. The Kier molecular flexibility index (Phi) is 20.4. The number of benzene rings is 8. The largest absolute Gasteiger partial charge is 0.201 e. The van der Waals surface area contributed by atoms with Gasteiger partial charge in [0.25, 0.3) is 0 Å². The van der Waals surface area contributed by atoms with Crippen LogP contribution in [0.5, 0.6) is 0 Å². The summed E-state index contributed by atoms with van der Waals surface area (Å²) in [6.45, 7) is 1.63. The molecule has 0 radical (unpaired) electrons. The molecule has 0 saturated heterocycles. The summed E-state index contributed by atoms with van der Waals surface area (Å²) in [6.07, 6.45) is 10.7. The minimum atomic E-state index is -10.7. The van der Waals surface area contributed by atoms with Crippen LogP contribution in [-0.2, 0) is 25.4 Å². The molecule has 510 valence electrons. The molecular weight excluding hydrogens is 1410 g/mol. The minimum Gasteiger partial charge on any atom is -0.201 e. The zero-order valence-electron chi connectivity index (χ0n) is 48.0. The summed E-state index contributed by atoms with van der Waals surface area (Å²) in [5.74, 6) is 0. The molecule has 0 bridgehead atoms. The van der Waals surface area contributed by atoms with Gasteiger partial charge in [0.05, 0.1) is 12.3 Å². The van der Waals surface area contributed by atoms with Crippen molar-refractivity contribution in [3.8, 4) is 11.1 Å². The Morgan fingerprint density at radius 1 is 0.202 bits per heavy atom. The maximum absolute atomic E-state index is 10.7. The van der Waals surface area contributed by atoms with E-state index in [1.807, 2.05) is 0 Å². The quantitative estimate of drug-likeness (QED) is 0.0549. The van der Waals surface area contributed by atoms with Crippen LogP contribution in [-0.4, -0.2) is 0 Å². The zero-order valence-corrected chi connectivity index (χ0v) is 53.4. The summed E-state index contributed by atoms with van der Waals surface area (Å²) >= 11 is 0. The maximum Gasteiger partial charge on any atom is 0.173 e. The van der Waals surface area contributed by atoms with Crippen LogP contribution in [0.15, 0.2) is 280 Å². The summed E-state index contributed by atoms with van der Waals surface area (Å²) in [5.41, 5.74) is 7.72. The first-order valence-corrected chi connectivity index (χ1v) is 39.0. The van der Waals surface area contributed by atoms with E-state index in [2.05, 4.69) is 289 Å². The molecule has 0 unspecified atom stereocenters. The average Bonchev–Trinajstić information content (AvgIpc) is 0.751. The predicted molar refractivity (Wildman–Crippen MR) is 335 cm³/mol. The molecule has 32 heteroatoms. The monoisotopic (exact) mass is 1470 g/mol. The van der Waals surface area contributed by atoms with Gasteiger partial charge in [-0.25, -0.2) is 9.13 Å². The van der Waals surface area contributed by atoms with Crippen molar-refractivity contribution in [2.45, 2.75) is 25.4 Å². The van der Waals surface area contributed by atoms with E-state index in [4.69, 9.17) is 0 Å². The van der Waals surface area contributed by atoms with Gasteiger partial charge >= 0.3 is 132 Å². The zero-order chi connectivity index (χ0) is 70.1. The third-order valence-corrected chi connectivity index (χ3v) is 21.7. The van der Waals surface area contributed by atoms with Gasteiger partial charge in [0.2, 0.25) is 0 Å². The summed E-state index contributed by atoms with van der Waals surface area (Å²) in [6, 6.07) is 94.4. The van der Waals surface area contributed by atoms with Crippen molar-refractivity contribution >= 4 is 77.6 Å². The van der Waals surface area contributed by atoms with Gasteiger partial charge in [-0.1, -0.05) is 158 Å². The van der Waals surface area contributed by atoms with E-state index in [-0.39, 0.29) is 0 Å². The molecular formula is C62H54F24N2P6. The Morgan fingerprint density at radius 2 is 0.351 bits per heavy atom. The van der Waals surface area contributed by atoms with Crippen LogP contribution in [0.25, 0.3) is 11.1 Å². The molecule has 0 amide bonds. The molecule has 0 aliphatic rings. The Morgan fingerprint density at radius 3 is 0.511 bits per heavy atom. The number of hydrogen-bond acceptors (Lipinski definition) is 0. The second-order valence-electron chi connectivity index (χ2n) is 20.9. The van der Waals surface area contributed by atoms with Gasteiger partial charge in [0, 0.05) is 35.4 Å². The second kappa shape index (κ2) is 25.2. The first kappa shape index (κ1) is 76.0. The molecule has 0 atom stereocenters. The van der Waals surface area contributed by atoms with Crippen LogP contribution >= 0.6 is 45.8 Å². The summed E-state index contributed by atoms with van der Waals surface area (Å²) in [4.78, 5) is 0. The molecule has 0 fully saturated rings. The Hall–Kier alpha value is -7.04. The standard InChI is InChI=1S/C62H54N2P2.4F6P/c1-7-19-57(20-8-1)65(58-21-9-2-10-22-58,59-23-11-3-12-24-59)49-53-35-31-51(32-36-53)47-63-43-39-55(40-44-63)56-41-45-64(46-42-56)48-52-33-37-54(38-34-52)50-66(60-25-13-4-14-26-60,61-27-15-5-16-28-61)62-29-17-6-18-30-62;4*1-7(2,3,4,5)6/h1-46H,47-50H2;;;;/q+4;4*-1. The van der Waals surface area contributed by atoms with Gasteiger partial charge < -0.3 is 0 Å². The van der Waals surface area contributed by atoms with Crippen molar-refractivity contribution < 1.29 is 110 Å². The van der Waals surface area contributed by atoms with E-state index >= 15 is 0 Å². The summed E-state index contributed by atoms with van der Waals surface area (Å²) in [7, 11) is -46.5. The third-order valence-electron chi connectivity index (χ3n) is 12.9. The van der Waals surface area contributed by atoms with Crippen LogP contribution in [0.4, 0.5) is 101 Å². The smallest absolute Gasteiger partial charge is 0.173 e. The molecule has 0 N–H and O–H groups in total. The Bertz CT molecular complexity index is 3510. The normalized spacial score (nSPS) is 15.0. The number of halogens is 24. The van der Waals surface area contributed by atoms with E-state index < -0.39 is 45.8 Å². The molecule has 0 saturated carbocycles. The van der Waals surface area contributed by atoms with Crippen LogP contribution in [0, 0.1) is 0 Å².